The van der Waals surface area contributed by atoms with Gasteiger partial charge in [-0.2, -0.15) is 13.2 Å². The van der Waals surface area contributed by atoms with E-state index in [0.29, 0.717) is 22.3 Å². The Balaban J connectivity index is 1.81. The van der Waals surface area contributed by atoms with E-state index in [1.807, 2.05) is 5.10 Å². The van der Waals surface area contributed by atoms with Crippen LogP contribution in [0.2, 0.25) is 0 Å². The number of hydrogen-bond donors (Lipinski definition) is 2. The number of alkyl halides is 3. The molecule has 11 heteroatoms. The molecule has 0 saturated heterocycles. The first kappa shape index (κ1) is 16.9. The van der Waals surface area contributed by atoms with Gasteiger partial charge < -0.3 is 5.32 Å². The van der Waals surface area contributed by atoms with Gasteiger partial charge in [0.05, 0.1) is 11.4 Å². The minimum atomic E-state index is -4.64. The van der Waals surface area contributed by atoms with Gasteiger partial charge in [-0.05, 0) is 42.7 Å². The maximum absolute atomic E-state index is 12.6. The molecule has 0 aliphatic rings. The number of carbonyl (C=O) groups excluding carboxylic acids is 1. The van der Waals surface area contributed by atoms with E-state index in [2.05, 4.69) is 14.9 Å². The van der Waals surface area contributed by atoms with Crippen molar-refractivity contribution in [1.82, 2.24) is 19.4 Å². The Bertz CT molecular complexity index is 972. The lowest BCUT2D eigenvalue weighted by atomic mass is 10.2. The molecule has 0 saturated carbocycles. The lowest BCUT2D eigenvalue weighted by molar-refractivity contribution is -0.141. The van der Waals surface area contributed by atoms with Crippen LogP contribution in [0.25, 0.3) is 5.69 Å². The number of aromatic nitrogens is 4. The van der Waals surface area contributed by atoms with E-state index in [1.54, 1.807) is 6.92 Å². The summed E-state index contributed by atoms with van der Waals surface area (Å²) in [6.45, 7) is 1.65. The zero-order chi connectivity index (χ0) is 18.2. The molecular formula is C14H10F3N5O2S. The molecule has 2 heterocycles. The van der Waals surface area contributed by atoms with Crippen molar-refractivity contribution >= 4 is 23.1 Å². The first-order valence-corrected chi connectivity index (χ1v) is 7.63. The van der Waals surface area contributed by atoms with Gasteiger partial charge in [0.25, 0.3) is 11.5 Å². The van der Waals surface area contributed by atoms with E-state index < -0.39 is 23.3 Å². The summed E-state index contributed by atoms with van der Waals surface area (Å²) in [6, 6.07) is 6.24. The van der Waals surface area contributed by atoms with Crippen molar-refractivity contribution in [1.29, 1.82) is 0 Å². The largest absolute Gasteiger partial charge is 0.432 e. The van der Waals surface area contributed by atoms with Crippen LogP contribution in [0.4, 0.5) is 18.9 Å². The van der Waals surface area contributed by atoms with E-state index >= 15 is 0 Å². The number of hydrogen-bond acceptors (Lipinski definition) is 5. The normalized spacial score (nSPS) is 11.5. The van der Waals surface area contributed by atoms with E-state index in [0.717, 1.165) is 16.2 Å². The molecule has 0 radical (unpaired) electrons. The van der Waals surface area contributed by atoms with Crippen LogP contribution in [0.1, 0.15) is 21.1 Å². The standard InChI is InChI=1S/C14H10F3N5O2S/c1-7-12(25-21-19-7)13(24)18-8-2-4-9(5-3-8)22-11(23)6-10(20-22)14(15,16)17/h2-6,20H,1H3,(H,18,24). The van der Waals surface area contributed by atoms with Crippen LogP contribution >= 0.6 is 11.5 Å². The van der Waals surface area contributed by atoms with Crippen LogP contribution in [0.5, 0.6) is 0 Å². The minimum Gasteiger partial charge on any atom is -0.321 e. The molecule has 1 amide bonds. The Morgan fingerprint density at radius 1 is 1.28 bits per heavy atom. The van der Waals surface area contributed by atoms with Crippen molar-refractivity contribution in [2.75, 3.05) is 5.32 Å². The van der Waals surface area contributed by atoms with Gasteiger partial charge in [0.2, 0.25) is 0 Å². The summed E-state index contributed by atoms with van der Waals surface area (Å²) < 4.78 is 42.3. The molecule has 0 spiro atoms. The lowest BCUT2D eigenvalue weighted by Gasteiger charge is -2.07. The number of nitrogens with one attached hydrogen (secondary N) is 2. The third kappa shape index (κ3) is 3.45. The highest BCUT2D eigenvalue weighted by molar-refractivity contribution is 7.08. The van der Waals surface area contributed by atoms with E-state index in [1.165, 1.54) is 24.3 Å². The molecule has 0 bridgehead atoms. The van der Waals surface area contributed by atoms with Gasteiger partial charge >= 0.3 is 6.18 Å². The quantitative estimate of drug-likeness (QED) is 0.742. The first-order chi connectivity index (χ1) is 11.8. The summed E-state index contributed by atoms with van der Waals surface area (Å²) in [5.74, 6) is -0.392. The Labute approximate surface area is 142 Å². The van der Waals surface area contributed by atoms with Gasteiger partial charge in [-0.15, -0.1) is 5.10 Å². The highest BCUT2D eigenvalue weighted by atomic mass is 32.1. The fraction of sp³-hybridized carbons (Fsp3) is 0.143. The lowest BCUT2D eigenvalue weighted by Crippen LogP contribution is -2.14. The van der Waals surface area contributed by atoms with Crippen LogP contribution < -0.4 is 10.9 Å². The number of amides is 1. The van der Waals surface area contributed by atoms with Crippen LogP contribution in [0.3, 0.4) is 0 Å². The third-order valence-electron chi connectivity index (χ3n) is 3.27. The molecule has 1 aromatic carbocycles. The van der Waals surface area contributed by atoms with Crippen LogP contribution in [-0.2, 0) is 6.18 Å². The number of nitrogens with zero attached hydrogens (tertiary/aromatic N) is 3. The van der Waals surface area contributed by atoms with Crippen molar-refractivity contribution in [3.05, 3.63) is 57.0 Å². The fourth-order valence-corrected chi connectivity index (χ4v) is 2.61. The number of benzene rings is 1. The molecule has 0 unspecified atom stereocenters. The molecule has 0 aliphatic carbocycles. The second-order valence-corrected chi connectivity index (χ2v) is 5.78. The number of anilines is 1. The minimum absolute atomic E-state index is 0.203. The van der Waals surface area contributed by atoms with Crippen molar-refractivity contribution in [2.45, 2.75) is 13.1 Å². The van der Waals surface area contributed by atoms with Gasteiger partial charge in [-0.25, -0.2) is 4.68 Å². The predicted molar refractivity (Wildman–Crippen MR) is 84.0 cm³/mol. The monoisotopic (exact) mass is 369 g/mol. The molecule has 0 fully saturated rings. The smallest absolute Gasteiger partial charge is 0.321 e. The van der Waals surface area contributed by atoms with Gasteiger partial charge in [0, 0.05) is 11.8 Å². The van der Waals surface area contributed by atoms with Crippen molar-refractivity contribution in [3.8, 4) is 5.69 Å². The highest BCUT2D eigenvalue weighted by Gasteiger charge is 2.33. The molecule has 7 nitrogen and oxygen atoms in total. The Kier molecular flexibility index (Phi) is 4.17. The van der Waals surface area contributed by atoms with Crippen molar-refractivity contribution in [3.63, 3.8) is 0 Å². The van der Waals surface area contributed by atoms with Gasteiger partial charge in [0.1, 0.15) is 10.6 Å². The number of aromatic amines is 1. The predicted octanol–water partition coefficient (Wildman–Crippen LogP) is 2.60. The second-order valence-electron chi connectivity index (χ2n) is 5.03. The summed E-state index contributed by atoms with van der Waals surface area (Å²) in [5, 5.41) is 8.37. The molecule has 130 valence electrons. The summed E-state index contributed by atoms with van der Waals surface area (Å²) in [6.07, 6.45) is -4.64. The summed E-state index contributed by atoms with van der Waals surface area (Å²) >= 11 is 0.954. The fourth-order valence-electron chi connectivity index (χ4n) is 2.05. The maximum atomic E-state index is 12.6. The van der Waals surface area contributed by atoms with E-state index in [9.17, 15) is 22.8 Å². The molecular weight excluding hydrogens is 359 g/mol. The Morgan fingerprint density at radius 2 is 1.96 bits per heavy atom. The number of halogens is 3. The third-order valence-corrected chi connectivity index (χ3v) is 4.09. The zero-order valence-corrected chi connectivity index (χ0v) is 13.4. The molecule has 3 rings (SSSR count). The van der Waals surface area contributed by atoms with Gasteiger partial charge in [0.15, 0.2) is 0 Å². The number of rotatable bonds is 3. The Morgan fingerprint density at radius 3 is 2.48 bits per heavy atom. The molecule has 25 heavy (non-hydrogen) atoms. The molecule has 0 atom stereocenters. The highest BCUT2D eigenvalue weighted by Crippen LogP contribution is 2.26. The van der Waals surface area contributed by atoms with Gasteiger partial charge in [-0.1, -0.05) is 4.49 Å². The van der Waals surface area contributed by atoms with Crippen molar-refractivity contribution in [2.24, 2.45) is 0 Å². The topological polar surface area (TPSA) is 92.7 Å². The Hall–Kier alpha value is -2.95. The van der Waals surface area contributed by atoms with Crippen molar-refractivity contribution < 1.29 is 18.0 Å². The molecule has 2 aromatic heterocycles. The van der Waals surface area contributed by atoms with Crippen LogP contribution in [0, 0.1) is 6.92 Å². The summed E-state index contributed by atoms with van der Waals surface area (Å²) in [4.78, 5) is 24.1. The number of H-pyrrole nitrogens is 1. The van der Waals surface area contributed by atoms with E-state index in [-0.39, 0.29) is 5.69 Å². The van der Waals surface area contributed by atoms with Crippen LogP contribution in [0.15, 0.2) is 35.1 Å². The summed E-state index contributed by atoms with van der Waals surface area (Å²) in [7, 11) is 0. The SMILES string of the molecule is Cc1nnsc1C(=O)Nc1ccc(-n2[nH]c(C(F)(F)F)cc2=O)cc1. The second kappa shape index (κ2) is 6.16. The number of aryl methyl sites for hydroxylation is 1. The zero-order valence-electron chi connectivity index (χ0n) is 12.6. The summed E-state index contributed by atoms with van der Waals surface area (Å²) in [5.41, 5.74) is -0.860. The number of carbonyl (C=O) groups is 1. The first-order valence-electron chi connectivity index (χ1n) is 6.86. The van der Waals surface area contributed by atoms with Gasteiger partial charge in [-0.3, -0.25) is 14.7 Å². The molecule has 3 aromatic rings. The molecule has 0 aliphatic heterocycles. The maximum Gasteiger partial charge on any atom is 0.432 e. The average molecular weight is 369 g/mol. The van der Waals surface area contributed by atoms with Crippen LogP contribution in [-0.4, -0.2) is 25.3 Å². The average Bonchev–Trinajstić information content (AvgIpc) is 3.14. The molecule has 2 N–H and O–H groups in total. The van der Waals surface area contributed by atoms with E-state index in [4.69, 9.17) is 0 Å².